The van der Waals surface area contributed by atoms with E-state index in [4.69, 9.17) is 16.7 Å². The molecule has 0 aliphatic carbocycles. The fourth-order valence-electron chi connectivity index (χ4n) is 2.98. The first kappa shape index (κ1) is 16.1. The first-order chi connectivity index (χ1) is 10.0. The summed E-state index contributed by atoms with van der Waals surface area (Å²) in [6.07, 6.45) is 3.32. The third-order valence-electron chi connectivity index (χ3n) is 4.12. The number of amides is 1. The van der Waals surface area contributed by atoms with E-state index in [1.165, 1.54) is 6.42 Å². The number of nitrogens with zero attached hydrogens (tertiary/aromatic N) is 1. The molecule has 1 amide bonds. The number of carbonyl (C=O) groups excluding carboxylic acids is 1. The summed E-state index contributed by atoms with van der Waals surface area (Å²) in [6, 6.07) is 5.86. The second-order valence-corrected chi connectivity index (χ2v) is 6.16. The Bertz CT molecular complexity index is 497. The zero-order valence-corrected chi connectivity index (χ0v) is 13.4. The average Bonchev–Trinajstić information content (AvgIpc) is 2.46. The van der Waals surface area contributed by atoms with Crippen LogP contribution in [0.15, 0.2) is 18.2 Å². The first-order valence-corrected chi connectivity index (χ1v) is 7.85. The number of aliphatic hydroxyl groups excluding tert-OH is 1. The molecule has 0 unspecified atom stereocenters. The van der Waals surface area contributed by atoms with Crippen molar-refractivity contribution in [1.82, 2.24) is 4.90 Å². The lowest BCUT2D eigenvalue weighted by Gasteiger charge is -2.39. The Kier molecular flexibility index (Phi) is 5.48. The van der Waals surface area contributed by atoms with E-state index in [2.05, 4.69) is 19.2 Å². The molecule has 1 aliphatic rings. The smallest absolute Gasteiger partial charge is 0.242 e. The van der Waals surface area contributed by atoms with Gasteiger partial charge >= 0.3 is 0 Å². The number of hydrogen-bond donors (Lipinski definition) is 2. The SMILES string of the molecule is C[C@H]1CCC[C@H](C)N1C(=O)CNc1cc(CO)ccc1Cl. The molecule has 1 aromatic rings. The third kappa shape index (κ3) is 3.89. The minimum Gasteiger partial charge on any atom is -0.392 e. The monoisotopic (exact) mass is 310 g/mol. The second kappa shape index (κ2) is 7.14. The van der Waals surface area contributed by atoms with Crippen LogP contribution in [-0.4, -0.2) is 34.5 Å². The Morgan fingerprint density at radius 1 is 1.38 bits per heavy atom. The standard InChI is InChI=1S/C16H23ClN2O2/c1-11-4-3-5-12(2)19(11)16(21)9-18-15-8-13(10-20)6-7-14(15)17/h6-8,11-12,18,20H,3-5,9-10H2,1-2H3/t11-,12-/m0/s1. The Labute approximate surface area is 131 Å². The lowest BCUT2D eigenvalue weighted by molar-refractivity contribution is -0.135. The van der Waals surface area contributed by atoms with E-state index in [1.807, 2.05) is 4.90 Å². The lowest BCUT2D eigenvalue weighted by Crippen LogP contribution is -2.49. The molecule has 0 bridgehead atoms. The zero-order valence-electron chi connectivity index (χ0n) is 12.6. The van der Waals surface area contributed by atoms with Crippen LogP contribution in [0.2, 0.25) is 5.02 Å². The summed E-state index contributed by atoms with van der Waals surface area (Å²) in [5.41, 5.74) is 1.46. The quantitative estimate of drug-likeness (QED) is 0.899. The predicted molar refractivity (Wildman–Crippen MR) is 85.5 cm³/mol. The van der Waals surface area contributed by atoms with E-state index >= 15 is 0 Å². The van der Waals surface area contributed by atoms with Gasteiger partial charge in [-0.25, -0.2) is 0 Å². The number of hydrogen-bond acceptors (Lipinski definition) is 3. The molecule has 0 aromatic heterocycles. The maximum absolute atomic E-state index is 12.4. The molecule has 0 spiro atoms. The number of likely N-dealkylation sites (tertiary alicyclic amines) is 1. The van der Waals surface area contributed by atoms with Gasteiger partial charge in [0.05, 0.1) is 23.9 Å². The number of benzene rings is 1. The van der Waals surface area contributed by atoms with E-state index in [0.717, 1.165) is 18.4 Å². The van der Waals surface area contributed by atoms with Gasteiger partial charge in [0.2, 0.25) is 5.91 Å². The van der Waals surface area contributed by atoms with E-state index in [0.29, 0.717) is 22.8 Å². The molecule has 4 nitrogen and oxygen atoms in total. The summed E-state index contributed by atoms with van der Waals surface area (Å²) in [5.74, 6) is 0.0974. The van der Waals surface area contributed by atoms with Gasteiger partial charge < -0.3 is 15.3 Å². The fraction of sp³-hybridized carbons (Fsp3) is 0.562. The van der Waals surface area contributed by atoms with Crippen molar-refractivity contribution in [3.05, 3.63) is 28.8 Å². The third-order valence-corrected chi connectivity index (χ3v) is 4.45. The van der Waals surface area contributed by atoms with Crippen LogP contribution < -0.4 is 5.32 Å². The van der Waals surface area contributed by atoms with Crippen molar-refractivity contribution in [2.24, 2.45) is 0 Å². The van der Waals surface area contributed by atoms with Crippen LogP contribution in [0.5, 0.6) is 0 Å². The normalized spacial score (nSPS) is 22.2. The minimum absolute atomic E-state index is 0.0417. The summed E-state index contributed by atoms with van der Waals surface area (Å²) in [6.45, 7) is 4.39. The van der Waals surface area contributed by atoms with Gasteiger partial charge in [0.25, 0.3) is 0 Å². The van der Waals surface area contributed by atoms with Crippen molar-refractivity contribution in [3.63, 3.8) is 0 Å². The van der Waals surface area contributed by atoms with E-state index in [1.54, 1.807) is 18.2 Å². The number of piperidine rings is 1. The van der Waals surface area contributed by atoms with Gasteiger partial charge in [-0.15, -0.1) is 0 Å². The molecule has 2 N–H and O–H groups in total. The van der Waals surface area contributed by atoms with Crippen molar-refractivity contribution < 1.29 is 9.90 Å². The fourth-order valence-corrected chi connectivity index (χ4v) is 3.17. The van der Waals surface area contributed by atoms with Crippen LogP contribution in [0, 0.1) is 0 Å². The van der Waals surface area contributed by atoms with Crippen molar-refractivity contribution in [3.8, 4) is 0 Å². The maximum Gasteiger partial charge on any atom is 0.242 e. The molecule has 0 radical (unpaired) electrons. The van der Waals surface area contributed by atoms with Crippen molar-refractivity contribution in [2.45, 2.75) is 51.8 Å². The number of aliphatic hydroxyl groups is 1. The molecule has 1 heterocycles. The Balaban J connectivity index is 2.00. The highest BCUT2D eigenvalue weighted by Crippen LogP contribution is 2.25. The van der Waals surface area contributed by atoms with Crippen molar-refractivity contribution in [2.75, 3.05) is 11.9 Å². The van der Waals surface area contributed by atoms with Crippen LogP contribution >= 0.6 is 11.6 Å². The van der Waals surface area contributed by atoms with Gasteiger partial charge in [0, 0.05) is 12.1 Å². The van der Waals surface area contributed by atoms with Crippen LogP contribution in [-0.2, 0) is 11.4 Å². The van der Waals surface area contributed by atoms with E-state index < -0.39 is 0 Å². The largest absolute Gasteiger partial charge is 0.392 e. The van der Waals surface area contributed by atoms with Gasteiger partial charge in [-0.1, -0.05) is 17.7 Å². The second-order valence-electron chi connectivity index (χ2n) is 5.76. The number of carbonyl (C=O) groups is 1. The summed E-state index contributed by atoms with van der Waals surface area (Å²) < 4.78 is 0. The molecule has 1 aromatic carbocycles. The molecule has 21 heavy (non-hydrogen) atoms. The minimum atomic E-state index is -0.0417. The summed E-state index contributed by atoms with van der Waals surface area (Å²) in [4.78, 5) is 14.4. The first-order valence-electron chi connectivity index (χ1n) is 7.47. The highest BCUT2D eigenvalue weighted by Gasteiger charge is 2.28. The molecule has 1 aliphatic heterocycles. The maximum atomic E-state index is 12.4. The summed E-state index contributed by atoms with van der Waals surface area (Å²) >= 11 is 6.11. The van der Waals surface area contributed by atoms with Crippen LogP contribution in [0.3, 0.4) is 0 Å². The molecule has 5 heteroatoms. The van der Waals surface area contributed by atoms with E-state index in [9.17, 15) is 4.79 Å². The molecule has 1 saturated heterocycles. The molecule has 1 fully saturated rings. The lowest BCUT2D eigenvalue weighted by atomic mass is 9.97. The number of halogens is 1. The molecular weight excluding hydrogens is 288 g/mol. The number of nitrogens with one attached hydrogen (secondary N) is 1. The van der Waals surface area contributed by atoms with Gasteiger partial charge in [-0.3, -0.25) is 4.79 Å². The van der Waals surface area contributed by atoms with Crippen LogP contribution in [0.1, 0.15) is 38.7 Å². The Morgan fingerprint density at radius 2 is 2.05 bits per heavy atom. The van der Waals surface area contributed by atoms with Crippen molar-refractivity contribution in [1.29, 1.82) is 0 Å². The Morgan fingerprint density at radius 3 is 2.67 bits per heavy atom. The van der Waals surface area contributed by atoms with Gasteiger partial charge in [-0.05, 0) is 50.8 Å². The topological polar surface area (TPSA) is 52.6 Å². The van der Waals surface area contributed by atoms with Crippen LogP contribution in [0.25, 0.3) is 0 Å². The molecular formula is C16H23ClN2O2. The molecule has 0 saturated carbocycles. The van der Waals surface area contributed by atoms with Gasteiger partial charge in [-0.2, -0.15) is 0 Å². The summed E-state index contributed by atoms with van der Waals surface area (Å²) in [7, 11) is 0. The van der Waals surface area contributed by atoms with Crippen LogP contribution in [0.4, 0.5) is 5.69 Å². The van der Waals surface area contributed by atoms with Gasteiger partial charge in [0.1, 0.15) is 0 Å². The summed E-state index contributed by atoms with van der Waals surface area (Å²) in [5, 5.41) is 12.8. The van der Waals surface area contributed by atoms with Gasteiger partial charge in [0.15, 0.2) is 0 Å². The molecule has 2 atom stereocenters. The number of anilines is 1. The molecule has 116 valence electrons. The zero-order chi connectivity index (χ0) is 15.4. The highest BCUT2D eigenvalue weighted by molar-refractivity contribution is 6.33. The van der Waals surface area contributed by atoms with E-state index in [-0.39, 0.29) is 19.1 Å². The van der Waals surface area contributed by atoms with Crippen molar-refractivity contribution >= 4 is 23.2 Å². The highest BCUT2D eigenvalue weighted by atomic mass is 35.5. The number of rotatable bonds is 4. The Hall–Kier alpha value is -1.26. The predicted octanol–water partition coefficient (Wildman–Crippen LogP) is 3.03. The molecule has 2 rings (SSSR count). The average molecular weight is 311 g/mol.